The number of hydrogen-bond acceptors (Lipinski definition) is 5. The highest BCUT2D eigenvalue weighted by Gasteiger charge is 2.31. The van der Waals surface area contributed by atoms with E-state index in [-0.39, 0.29) is 12.1 Å². The van der Waals surface area contributed by atoms with E-state index in [9.17, 15) is 4.79 Å². The minimum absolute atomic E-state index is 0.191. The predicted octanol–water partition coefficient (Wildman–Crippen LogP) is 1.97. The highest BCUT2D eigenvalue weighted by atomic mass is 16.6. The number of amides is 1. The number of rotatable bonds is 4. The lowest BCUT2D eigenvalue weighted by atomic mass is 10.2. The number of carbonyl (C=O) groups is 1. The summed E-state index contributed by atoms with van der Waals surface area (Å²) in [6, 6.07) is 0.191. The molecule has 0 saturated carbocycles. The summed E-state index contributed by atoms with van der Waals surface area (Å²) in [4.78, 5) is 22.2. The summed E-state index contributed by atoms with van der Waals surface area (Å²) < 4.78 is 5.45. The van der Waals surface area contributed by atoms with Gasteiger partial charge in [-0.2, -0.15) is 0 Å². The molecule has 0 aliphatic carbocycles. The first kappa shape index (κ1) is 15.7. The van der Waals surface area contributed by atoms with E-state index in [1.54, 1.807) is 18.6 Å². The zero-order valence-electron chi connectivity index (χ0n) is 13.0. The summed E-state index contributed by atoms with van der Waals surface area (Å²) in [6.07, 6.45) is 6.90. The standard InChI is InChI=1S/C15H24N4O2/c1-15(2,3)21-14(20)19-8-4-5-13(19)11-17-10-12-9-16-6-7-18-12/h6-7,9,13,17H,4-5,8,10-11H2,1-3H3. The van der Waals surface area contributed by atoms with Gasteiger partial charge in [0.25, 0.3) is 0 Å². The average Bonchev–Trinajstić information content (AvgIpc) is 2.86. The van der Waals surface area contributed by atoms with Crippen LogP contribution >= 0.6 is 0 Å². The second kappa shape index (κ2) is 6.85. The van der Waals surface area contributed by atoms with Crippen LogP contribution < -0.4 is 5.32 Å². The molecule has 1 aliphatic heterocycles. The molecule has 1 aromatic rings. The number of likely N-dealkylation sites (tertiary alicyclic amines) is 1. The summed E-state index contributed by atoms with van der Waals surface area (Å²) in [5.41, 5.74) is 0.455. The first-order chi connectivity index (χ1) is 9.96. The molecule has 0 spiro atoms. The van der Waals surface area contributed by atoms with E-state index >= 15 is 0 Å². The van der Waals surface area contributed by atoms with Gasteiger partial charge in [-0.25, -0.2) is 4.79 Å². The van der Waals surface area contributed by atoms with Crippen molar-refractivity contribution in [2.45, 2.75) is 51.8 Å². The fourth-order valence-electron chi connectivity index (χ4n) is 2.40. The molecule has 1 aliphatic rings. The second-order valence-corrected chi connectivity index (χ2v) is 6.30. The van der Waals surface area contributed by atoms with E-state index in [2.05, 4.69) is 15.3 Å². The Bertz CT molecular complexity index is 458. The number of aromatic nitrogens is 2. The quantitative estimate of drug-likeness (QED) is 0.919. The van der Waals surface area contributed by atoms with E-state index in [0.29, 0.717) is 6.54 Å². The molecule has 1 unspecified atom stereocenters. The number of nitrogens with zero attached hydrogens (tertiary/aromatic N) is 3. The van der Waals surface area contributed by atoms with Crippen molar-refractivity contribution < 1.29 is 9.53 Å². The van der Waals surface area contributed by atoms with Gasteiger partial charge in [0, 0.05) is 44.3 Å². The Morgan fingerprint density at radius 2 is 2.29 bits per heavy atom. The molecule has 1 N–H and O–H groups in total. The third kappa shape index (κ3) is 4.97. The molecule has 1 atom stereocenters. The molecule has 1 fully saturated rings. The van der Waals surface area contributed by atoms with Crippen LogP contribution in [0.3, 0.4) is 0 Å². The van der Waals surface area contributed by atoms with Crippen LogP contribution in [0.1, 0.15) is 39.3 Å². The van der Waals surface area contributed by atoms with Crippen molar-refractivity contribution in [3.05, 3.63) is 24.3 Å². The summed E-state index contributed by atoms with van der Waals surface area (Å²) >= 11 is 0. The number of carbonyl (C=O) groups excluding carboxylic acids is 1. The average molecular weight is 292 g/mol. The normalized spacial score (nSPS) is 18.8. The van der Waals surface area contributed by atoms with Crippen molar-refractivity contribution in [3.8, 4) is 0 Å². The molecule has 1 amide bonds. The van der Waals surface area contributed by atoms with Gasteiger partial charge in [-0.1, -0.05) is 0 Å². The van der Waals surface area contributed by atoms with Crippen LogP contribution in [-0.4, -0.2) is 45.7 Å². The Hall–Kier alpha value is -1.69. The van der Waals surface area contributed by atoms with Gasteiger partial charge < -0.3 is 15.0 Å². The van der Waals surface area contributed by atoms with Crippen molar-refractivity contribution >= 4 is 6.09 Å². The monoisotopic (exact) mass is 292 g/mol. The van der Waals surface area contributed by atoms with Crippen LogP contribution in [0.25, 0.3) is 0 Å². The minimum atomic E-state index is -0.447. The van der Waals surface area contributed by atoms with Gasteiger partial charge in [-0.3, -0.25) is 9.97 Å². The lowest BCUT2D eigenvalue weighted by molar-refractivity contribution is 0.0226. The number of nitrogens with one attached hydrogen (secondary N) is 1. The number of hydrogen-bond donors (Lipinski definition) is 1. The van der Waals surface area contributed by atoms with Crippen molar-refractivity contribution in [1.29, 1.82) is 0 Å². The Labute approximate surface area is 125 Å². The SMILES string of the molecule is CC(C)(C)OC(=O)N1CCCC1CNCc1cnccn1. The maximum Gasteiger partial charge on any atom is 0.410 e. The Balaban J connectivity index is 1.80. The molecule has 2 heterocycles. The topological polar surface area (TPSA) is 67.3 Å². The van der Waals surface area contributed by atoms with E-state index in [1.807, 2.05) is 25.7 Å². The van der Waals surface area contributed by atoms with Crippen LogP contribution in [0.15, 0.2) is 18.6 Å². The van der Waals surface area contributed by atoms with Gasteiger partial charge in [-0.05, 0) is 33.6 Å². The molecule has 1 aromatic heterocycles. The molecular weight excluding hydrogens is 268 g/mol. The van der Waals surface area contributed by atoms with Crippen LogP contribution in [-0.2, 0) is 11.3 Å². The molecule has 6 nitrogen and oxygen atoms in total. The molecule has 116 valence electrons. The maximum absolute atomic E-state index is 12.2. The summed E-state index contributed by atoms with van der Waals surface area (Å²) in [5.74, 6) is 0. The highest BCUT2D eigenvalue weighted by molar-refractivity contribution is 5.69. The summed E-state index contributed by atoms with van der Waals surface area (Å²) in [6.45, 7) is 7.85. The fourth-order valence-corrected chi connectivity index (χ4v) is 2.40. The van der Waals surface area contributed by atoms with Crippen molar-refractivity contribution in [3.63, 3.8) is 0 Å². The highest BCUT2D eigenvalue weighted by Crippen LogP contribution is 2.20. The van der Waals surface area contributed by atoms with Crippen molar-refractivity contribution in [1.82, 2.24) is 20.2 Å². The second-order valence-electron chi connectivity index (χ2n) is 6.30. The zero-order valence-corrected chi connectivity index (χ0v) is 13.0. The van der Waals surface area contributed by atoms with Gasteiger partial charge in [0.2, 0.25) is 0 Å². The van der Waals surface area contributed by atoms with E-state index in [0.717, 1.165) is 31.6 Å². The lowest BCUT2D eigenvalue weighted by Gasteiger charge is -2.28. The van der Waals surface area contributed by atoms with Crippen LogP contribution in [0.4, 0.5) is 4.79 Å². The molecule has 6 heteroatoms. The van der Waals surface area contributed by atoms with E-state index in [4.69, 9.17) is 4.74 Å². The summed E-state index contributed by atoms with van der Waals surface area (Å²) in [5, 5.41) is 3.34. The van der Waals surface area contributed by atoms with Crippen molar-refractivity contribution in [2.24, 2.45) is 0 Å². The van der Waals surface area contributed by atoms with Gasteiger partial charge in [0.15, 0.2) is 0 Å². The third-order valence-corrected chi connectivity index (χ3v) is 3.31. The zero-order chi connectivity index (χ0) is 15.3. The molecular formula is C15H24N4O2. The predicted molar refractivity (Wildman–Crippen MR) is 79.7 cm³/mol. The first-order valence-electron chi connectivity index (χ1n) is 7.41. The molecule has 21 heavy (non-hydrogen) atoms. The van der Waals surface area contributed by atoms with Gasteiger partial charge in [-0.15, -0.1) is 0 Å². The van der Waals surface area contributed by atoms with Gasteiger partial charge in [0.1, 0.15) is 5.60 Å². The van der Waals surface area contributed by atoms with Crippen LogP contribution in [0.5, 0.6) is 0 Å². The molecule has 2 rings (SSSR count). The van der Waals surface area contributed by atoms with Crippen LogP contribution in [0, 0.1) is 0 Å². The largest absolute Gasteiger partial charge is 0.444 e. The van der Waals surface area contributed by atoms with Crippen molar-refractivity contribution in [2.75, 3.05) is 13.1 Å². The fraction of sp³-hybridized carbons (Fsp3) is 0.667. The molecule has 1 saturated heterocycles. The Morgan fingerprint density at radius 1 is 1.48 bits per heavy atom. The molecule has 0 radical (unpaired) electrons. The minimum Gasteiger partial charge on any atom is -0.444 e. The summed E-state index contributed by atoms with van der Waals surface area (Å²) in [7, 11) is 0. The molecule has 0 bridgehead atoms. The first-order valence-corrected chi connectivity index (χ1v) is 7.41. The Morgan fingerprint density at radius 3 is 2.95 bits per heavy atom. The van der Waals surface area contributed by atoms with Gasteiger partial charge in [0.05, 0.1) is 5.69 Å². The van der Waals surface area contributed by atoms with Gasteiger partial charge >= 0.3 is 6.09 Å². The smallest absolute Gasteiger partial charge is 0.410 e. The van der Waals surface area contributed by atoms with E-state index in [1.165, 1.54) is 0 Å². The van der Waals surface area contributed by atoms with Crippen LogP contribution in [0.2, 0.25) is 0 Å². The lowest BCUT2D eigenvalue weighted by Crippen LogP contribution is -2.44. The maximum atomic E-state index is 12.2. The third-order valence-electron chi connectivity index (χ3n) is 3.31. The molecule has 0 aromatic carbocycles. The number of ether oxygens (including phenoxy) is 1. The van der Waals surface area contributed by atoms with E-state index < -0.39 is 5.60 Å². The Kier molecular flexibility index (Phi) is 5.12.